The average Bonchev–Trinajstić information content (AvgIpc) is 2.45. The summed E-state index contributed by atoms with van der Waals surface area (Å²) in [4.78, 5) is 28.7. The van der Waals surface area contributed by atoms with Crippen LogP contribution < -0.4 is 11.3 Å². The number of rotatable bonds is 4. The molecular formula is C16H22ClN3O2. The molecule has 0 saturated carbocycles. The van der Waals surface area contributed by atoms with E-state index in [1.807, 2.05) is 32.0 Å². The minimum atomic E-state index is -0.275. The van der Waals surface area contributed by atoms with E-state index in [1.54, 1.807) is 18.0 Å². The van der Waals surface area contributed by atoms with Gasteiger partial charge < -0.3 is 15.6 Å². The summed E-state index contributed by atoms with van der Waals surface area (Å²) >= 11 is 0. The zero-order valence-electron chi connectivity index (χ0n) is 13.1. The Kier molecular flexibility index (Phi) is 5.74. The molecule has 1 heterocycles. The van der Waals surface area contributed by atoms with E-state index in [9.17, 15) is 9.59 Å². The molecule has 0 aliphatic carbocycles. The van der Waals surface area contributed by atoms with Crippen molar-refractivity contribution in [1.82, 2.24) is 9.88 Å². The summed E-state index contributed by atoms with van der Waals surface area (Å²) in [5.74, 6) is -0.168. The third-order valence-corrected chi connectivity index (χ3v) is 3.55. The van der Waals surface area contributed by atoms with E-state index < -0.39 is 0 Å². The zero-order valence-corrected chi connectivity index (χ0v) is 13.9. The summed E-state index contributed by atoms with van der Waals surface area (Å²) in [5, 5.41) is 0.750. The minimum absolute atomic E-state index is 0. The lowest BCUT2D eigenvalue weighted by Gasteiger charge is -2.29. The lowest BCUT2D eigenvalue weighted by molar-refractivity contribution is 0.0742. The molecule has 22 heavy (non-hydrogen) atoms. The molecule has 0 unspecified atom stereocenters. The number of carbonyl (C=O) groups is 1. The van der Waals surface area contributed by atoms with Gasteiger partial charge in [0.05, 0.1) is 5.56 Å². The molecule has 3 N–H and O–H groups in total. The fourth-order valence-corrected chi connectivity index (χ4v) is 2.37. The number of benzene rings is 1. The number of nitrogens with zero attached hydrogens (tertiary/aromatic N) is 1. The Labute approximate surface area is 135 Å². The van der Waals surface area contributed by atoms with Crippen LogP contribution in [0.5, 0.6) is 0 Å². The number of carbonyl (C=O) groups excluding carboxylic acids is 1. The maximum absolute atomic E-state index is 12.6. The highest BCUT2D eigenvalue weighted by Crippen LogP contribution is 2.19. The summed E-state index contributed by atoms with van der Waals surface area (Å²) in [6.07, 6.45) is 0. The third-order valence-electron chi connectivity index (χ3n) is 3.55. The number of H-pyrrole nitrogens is 1. The van der Waals surface area contributed by atoms with Gasteiger partial charge in [0.1, 0.15) is 0 Å². The van der Waals surface area contributed by atoms with E-state index in [-0.39, 0.29) is 29.3 Å². The molecule has 6 heteroatoms. The molecule has 1 aromatic heterocycles. The third kappa shape index (κ3) is 3.87. The van der Waals surface area contributed by atoms with Crippen molar-refractivity contribution < 1.29 is 4.79 Å². The van der Waals surface area contributed by atoms with Crippen molar-refractivity contribution in [2.75, 3.05) is 20.1 Å². The van der Waals surface area contributed by atoms with Crippen LogP contribution in [0.15, 0.2) is 35.1 Å². The number of pyridine rings is 1. The van der Waals surface area contributed by atoms with Crippen LogP contribution in [0.3, 0.4) is 0 Å². The number of hydrogen-bond acceptors (Lipinski definition) is 3. The van der Waals surface area contributed by atoms with Gasteiger partial charge in [-0.1, -0.05) is 32.0 Å². The van der Waals surface area contributed by atoms with Crippen molar-refractivity contribution in [3.63, 3.8) is 0 Å². The quantitative estimate of drug-likeness (QED) is 0.903. The second kappa shape index (κ2) is 6.94. The number of nitrogens with one attached hydrogen (secondary N) is 1. The fourth-order valence-electron chi connectivity index (χ4n) is 2.37. The molecule has 0 spiro atoms. The topological polar surface area (TPSA) is 79.2 Å². The standard InChI is InChI=1S/C16H21N3O2.ClH/c1-16(2,9-17)10-19(3)15(21)12-8-14(20)18-13-7-5-4-6-11(12)13;/h4-8H,9-10,17H2,1-3H3,(H,18,20);1H. The molecule has 0 aliphatic rings. The molecule has 0 aliphatic heterocycles. The van der Waals surface area contributed by atoms with Crippen LogP contribution in [0, 0.1) is 5.41 Å². The van der Waals surface area contributed by atoms with Crippen LogP contribution in [0.25, 0.3) is 10.9 Å². The zero-order chi connectivity index (χ0) is 15.6. The molecule has 0 fully saturated rings. The second-order valence-electron chi connectivity index (χ2n) is 6.12. The molecule has 120 valence electrons. The van der Waals surface area contributed by atoms with Gasteiger partial charge in [0.25, 0.3) is 5.91 Å². The highest BCUT2D eigenvalue weighted by atomic mass is 35.5. The number of amides is 1. The van der Waals surface area contributed by atoms with Gasteiger partial charge >= 0.3 is 0 Å². The molecule has 1 amide bonds. The molecule has 0 radical (unpaired) electrons. The lowest BCUT2D eigenvalue weighted by atomic mass is 9.93. The highest BCUT2D eigenvalue weighted by Gasteiger charge is 2.23. The smallest absolute Gasteiger partial charge is 0.254 e. The van der Waals surface area contributed by atoms with E-state index in [0.717, 1.165) is 5.39 Å². The van der Waals surface area contributed by atoms with E-state index in [0.29, 0.717) is 24.2 Å². The Balaban J connectivity index is 0.00000242. The fraction of sp³-hybridized carbons (Fsp3) is 0.375. The van der Waals surface area contributed by atoms with Crippen molar-refractivity contribution >= 4 is 29.2 Å². The normalized spacial score (nSPS) is 11.1. The number of aromatic amines is 1. The van der Waals surface area contributed by atoms with Gasteiger partial charge in [0.2, 0.25) is 5.56 Å². The van der Waals surface area contributed by atoms with Crippen LogP contribution in [-0.2, 0) is 0 Å². The first-order valence-corrected chi connectivity index (χ1v) is 6.92. The first kappa shape index (κ1) is 18.2. The Morgan fingerprint density at radius 3 is 2.59 bits per heavy atom. The van der Waals surface area contributed by atoms with Crippen LogP contribution in [0.4, 0.5) is 0 Å². The first-order valence-electron chi connectivity index (χ1n) is 6.92. The van der Waals surface area contributed by atoms with Crippen molar-refractivity contribution in [2.45, 2.75) is 13.8 Å². The summed E-state index contributed by atoms with van der Waals surface area (Å²) in [5.41, 5.74) is 6.36. The van der Waals surface area contributed by atoms with Crippen LogP contribution in [-0.4, -0.2) is 35.9 Å². The Bertz CT molecular complexity index is 725. The number of hydrogen-bond donors (Lipinski definition) is 2. The minimum Gasteiger partial charge on any atom is -0.341 e. The molecule has 0 bridgehead atoms. The molecule has 0 saturated heterocycles. The number of aromatic nitrogens is 1. The monoisotopic (exact) mass is 323 g/mol. The van der Waals surface area contributed by atoms with Gasteiger partial charge in [-0.3, -0.25) is 9.59 Å². The SMILES string of the molecule is CN(CC(C)(C)CN)C(=O)c1cc(=O)[nH]c2ccccc12.Cl. The Morgan fingerprint density at radius 2 is 1.95 bits per heavy atom. The number of halogens is 1. The molecule has 2 aromatic rings. The molecular weight excluding hydrogens is 302 g/mol. The van der Waals surface area contributed by atoms with Crippen molar-refractivity contribution in [3.8, 4) is 0 Å². The average molecular weight is 324 g/mol. The van der Waals surface area contributed by atoms with Crippen molar-refractivity contribution in [3.05, 3.63) is 46.2 Å². The van der Waals surface area contributed by atoms with Crippen molar-refractivity contribution in [2.24, 2.45) is 11.1 Å². The van der Waals surface area contributed by atoms with Crippen LogP contribution in [0.1, 0.15) is 24.2 Å². The molecule has 5 nitrogen and oxygen atoms in total. The number of para-hydroxylation sites is 1. The van der Waals surface area contributed by atoms with Gasteiger partial charge in [-0.05, 0) is 18.0 Å². The van der Waals surface area contributed by atoms with Crippen molar-refractivity contribution in [1.29, 1.82) is 0 Å². The summed E-state index contributed by atoms with van der Waals surface area (Å²) in [7, 11) is 1.73. The first-order chi connectivity index (χ1) is 9.84. The largest absolute Gasteiger partial charge is 0.341 e. The van der Waals surface area contributed by atoms with Gasteiger partial charge in [0.15, 0.2) is 0 Å². The van der Waals surface area contributed by atoms with Gasteiger partial charge in [0, 0.05) is 30.6 Å². The Hall–Kier alpha value is -1.85. The molecule has 2 rings (SSSR count). The van der Waals surface area contributed by atoms with Gasteiger partial charge in [-0.25, -0.2) is 0 Å². The lowest BCUT2D eigenvalue weighted by Crippen LogP contribution is -2.40. The predicted octanol–water partition coefficient (Wildman–Crippen LogP) is 2.01. The summed E-state index contributed by atoms with van der Waals surface area (Å²) in [6, 6.07) is 8.66. The predicted molar refractivity (Wildman–Crippen MR) is 91.6 cm³/mol. The van der Waals surface area contributed by atoms with Crippen LogP contribution >= 0.6 is 12.4 Å². The second-order valence-corrected chi connectivity index (χ2v) is 6.12. The maximum atomic E-state index is 12.6. The van der Waals surface area contributed by atoms with Gasteiger partial charge in [-0.15, -0.1) is 12.4 Å². The number of nitrogens with two attached hydrogens (primary N) is 1. The van der Waals surface area contributed by atoms with E-state index in [4.69, 9.17) is 5.73 Å². The molecule has 1 aromatic carbocycles. The molecule has 0 atom stereocenters. The van der Waals surface area contributed by atoms with E-state index in [1.165, 1.54) is 6.07 Å². The van der Waals surface area contributed by atoms with E-state index in [2.05, 4.69) is 4.98 Å². The maximum Gasteiger partial charge on any atom is 0.254 e. The Morgan fingerprint density at radius 1 is 1.32 bits per heavy atom. The number of fused-ring (bicyclic) bond motifs is 1. The van der Waals surface area contributed by atoms with E-state index >= 15 is 0 Å². The van der Waals surface area contributed by atoms with Crippen LogP contribution in [0.2, 0.25) is 0 Å². The van der Waals surface area contributed by atoms with Gasteiger partial charge in [-0.2, -0.15) is 0 Å². The summed E-state index contributed by atoms with van der Waals surface area (Å²) in [6.45, 7) is 5.03. The summed E-state index contributed by atoms with van der Waals surface area (Å²) < 4.78 is 0. The highest BCUT2D eigenvalue weighted by molar-refractivity contribution is 6.05.